The average Bonchev–Trinajstić information content (AvgIpc) is 2.71. The van der Waals surface area contributed by atoms with Crippen molar-refractivity contribution in [1.29, 1.82) is 0 Å². The molecule has 0 bridgehead atoms. The number of benzene rings is 1. The lowest BCUT2D eigenvalue weighted by Crippen LogP contribution is -2.34. The van der Waals surface area contributed by atoms with E-state index in [1.807, 2.05) is 6.92 Å². The predicted molar refractivity (Wildman–Crippen MR) is 103 cm³/mol. The molecule has 0 saturated carbocycles. The minimum Gasteiger partial charge on any atom is -0.493 e. The molecular weight excluding hydrogens is 362 g/mol. The van der Waals surface area contributed by atoms with E-state index in [9.17, 15) is 9.59 Å². The minimum absolute atomic E-state index is 0.0180. The van der Waals surface area contributed by atoms with Gasteiger partial charge in [0.05, 0.1) is 39.9 Å². The monoisotopic (exact) mass is 387 g/mol. The molecule has 3 rings (SSSR count). The van der Waals surface area contributed by atoms with Crippen LogP contribution in [0, 0.1) is 0 Å². The van der Waals surface area contributed by atoms with E-state index >= 15 is 0 Å². The first-order valence-corrected chi connectivity index (χ1v) is 9.09. The summed E-state index contributed by atoms with van der Waals surface area (Å²) in [7, 11) is 5.91. The second kappa shape index (κ2) is 7.96. The number of ether oxygens (including phenoxy) is 4. The fraction of sp³-hybridized carbons (Fsp3) is 0.429. The van der Waals surface area contributed by atoms with Crippen LogP contribution in [0.2, 0.25) is 0 Å². The number of nitrogens with one attached hydrogen (secondary N) is 1. The van der Waals surface area contributed by atoms with Gasteiger partial charge in [0.1, 0.15) is 0 Å². The van der Waals surface area contributed by atoms with E-state index in [0.717, 1.165) is 18.5 Å². The van der Waals surface area contributed by atoms with E-state index in [1.54, 1.807) is 12.1 Å². The molecule has 1 aromatic rings. The Morgan fingerprint density at radius 1 is 1.04 bits per heavy atom. The zero-order chi connectivity index (χ0) is 20.4. The first kappa shape index (κ1) is 19.8. The molecule has 0 aromatic heterocycles. The number of Topliss-reactive ketones (excluding diaryl/α,β-unsaturated/α-hetero) is 1. The van der Waals surface area contributed by atoms with E-state index in [2.05, 4.69) is 5.32 Å². The molecule has 1 N–H and O–H groups in total. The summed E-state index contributed by atoms with van der Waals surface area (Å²) in [5.41, 5.74) is 3.15. The highest BCUT2D eigenvalue weighted by Crippen LogP contribution is 2.49. The lowest BCUT2D eigenvalue weighted by Gasteiger charge is -2.34. The number of esters is 1. The molecule has 1 aliphatic carbocycles. The lowest BCUT2D eigenvalue weighted by atomic mass is 9.75. The Morgan fingerprint density at radius 3 is 2.36 bits per heavy atom. The van der Waals surface area contributed by atoms with E-state index < -0.39 is 11.9 Å². The topological polar surface area (TPSA) is 83.1 Å². The van der Waals surface area contributed by atoms with Gasteiger partial charge in [-0.15, -0.1) is 0 Å². The molecule has 2 aliphatic rings. The summed E-state index contributed by atoms with van der Waals surface area (Å²) in [5, 5.41) is 3.24. The summed E-state index contributed by atoms with van der Waals surface area (Å²) in [4.78, 5) is 25.6. The number of carbonyl (C=O) groups excluding carboxylic acids is 2. The Morgan fingerprint density at radius 2 is 1.75 bits per heavy atom. The zero-order valence-electron chi connectivity index (χ0n) is 16.8. The van der Waals surface area contributed by atoms with Gasteiger partial charge in [-0.1, -0.05) is 6.07 Å². The Labute approximate surface area is 164 Å². The minimum atomic E-state index is -0.605. The van der Waals surface area contributed by atoms with E-state index in [1.165, 1.54) is 28.4 Å². The number of ketones is 1. The molecule has 28 heavy (non-hydrogen) atoms. The highest BCUT2D eigenvalue weighted by molar-refractivity contribution is 6.04. The van der Waals surface area contributed by atoms with Crippen LogP contribution in [-0.4, -0.2) is 40.2 Å². The molecule has 1 heterocycles. The lowest BCUT2D eigenvalue weighted by molar-refractivity contribution is -0.136. The van der Waals surface area contributed by atoms with Crippen molar-refractivity contribution in [1.82, 2.24) is 5.32 Å². The maximum atomic E-state index is 12.9. The number of rotatable bonds is 5. The second-order valence-electron chi connectivity index (χ2n) is 6.68. The standard InChI is InChI=1S/C21H25NO6/c1-11-16(21(24)28-5)17(18-13(22-11)7-6-8-14(18)23)12-9-10-15(25-2)20(27-4)19(12)26-3/h9-10,17,22H,6-8H2,1-5H3/t17-/m0/s1. The summed E-state index contributed by atoms with van der Waals surface area (Å²) < 4.78 is 21.5. The molecule has 1 atom stereocenters. The third-order valence-corrected chi connectivity index (χ3v) is 5.23. The van der Waals surface area contributed by atoms with E-state index in [4.69, 9.17) is 18.9 Å². The Balaban J connectivity index is 2.30. The molecule has 0 fully saturated rings. The van der Waals surface area contributed by atoms with Crippen molar-refractivity contribution in [2.45, 2.75) is 32.1 Å². The Bertz CT molecular complexity index is 883. The highest BCUT2D eigenvalue weighted by Gasteiger charge is 2.41. The zero-order valence-corrected chi connectivity index (χ0v) is 16.8. The van der Waals surface area contributed by atoms with Crippen LogP contribution in [0.5, 0.6) is 17.2 Å². The highest BCUT2D eigenvalue weighted by atomic mass is 16.5. The van der Waals surface area contributed by atoms with Crippen LogP contribution in [0.4, 0.5) is 0 Å². The van der Waals surface area contributed by atoms with Gasteiger partial charge >= 0.3 is 5.97 Å². The van der Waals surface area contributed by atoms with E-state index in [0.29, 0.717) is 46.1 Å². The molecule has 7 heteroatoms. The molecule has 150 valence electrons. The predicted octanol–water partition coefficient (Wildman–Crippen LogP) is 2.85. The number of methoxy groups -OCH3 is 4. The van der Waals surface area contributed by atoms with Gasteiger partial charge in [0.25, 0.3) is 0 Å². The average molecular weight is 387 g/mol. The largest absolute Gasteiger partial charge is 0.493 e. The van der Waals surface area contributed by atoms with Gasteiger partial charge in [0.2, 0.25) is 5.75 Å². The molecule has 0 radical (unpaired) electrons. The molecule has 0 amide bonds. The third-order valence-electron chi connectivity index (χ3n) is 5.23. The van der Waals surface area contributed by atoms with Gasteiger partial charge in [-0.2, -0.15) is 0 Å². The van der Waals surface area contributed by atoms with Gasteiger partial charge in [-0.3, -0.25) is 4.79 Å². The van der Waals surface area contributed by atoms with Crippen molar-refractivity contribution >= 4 is 11.8 Å². The van der Waals surface area contributed by atoms with Crippen LogP contribution in [0.25, 0.3) is 0 Å². The fourth-order valence-corrected chi connectivity index (χ4v) is 4.03. The van der Waals surface area contributed by atoms with Crippen LogP contribution in [0.3, 0.4) is 0 Å². The second-order valence-corrected chi connectivity index (χ2v) is 6.68. The summed E-state index contributed by atoms with van der Waals surface area (Å²) >= 11 is 0. The maximum Gasteiger partial charge on any atom is 0.336 e. The molecule has 0 unspecified atom stereocenters. The molecule has 0 saturated heterocycles. The first-order chi connectivity index (χ1) is 13.5. The van der Waals surface area contributed by atoms with Crippen molar-refractivity contribution in [3.8, 4) is 17.2 Å². The van der Waals surface area contributed by atoms with Crippen molar-refractivity contribution < 1.29 is 28.5 Å². The summed E-state index contributed by atoms with van der Waals surface area (Å²) in [6, 6.07) is 3.55. The van der Waals surface area contributed by atoms with E-state index in [-0.39, 0.29) is 5.78 Å². The van der Waals surface area contributed by atoms with Crippen LogP contribution < -0.4 is 19.5 Å². The van der Waals surface area contributed by atoms with Crippen LogP contribution >= 0.6 is 0 Å². The number of hydrogen-bond acceptors (Lipinski definition) is 7. The summed E-state index contributed by atoms with van der Waals surface area (Å²) in [5.74, 6) is 0.260. The number of dihydropyridines is 1. The van der Waals surface area contributed by atoms with Crippen LogP contribution in [0.1, 0.15) is 37.7 Å². The number of carbonyl (C=O) groups is 2. The van der Waals surface area contributed by atoms with Crippen LogP contribution in [-0.2, 0) is 14.3 Å². The van der Waals surface area contributed by atoms with Gasteiger partial charge < -0.3 is 24.3 Å². The van der Waals surface area contributed by atoms with Gasteiger partial charge in [-0.25, -0.2) is 4.79 Å². The van der Waals surface area contributed by atoms with Crippen molar-refractivity contribution in [2.24, 2.45) is 0 Å². The van der Waals surface area contributed by atoms with Crippen molar-refractivity contribution in [3.05, 3.63) is 40.2 Å². The molecule has 7 nitrogen and oxygen atoms in total. The first-order valence-electron chi connectivity index (χ1n) is 9.09. The number of allylic oxidation sites excluding steroid dienone is 3. The molecule has 0 spiro atoms. The summed E-state index contributed by atoms with van der Waals surface area (Å²) in [6.07, 6.45) is 1.97. The van der Waals surface area contributed by atoms with Gasteiger partial charge in [-0.05, 0) is 25.8 Å². The SMILES string of the molecule is COC(=O)C1=C(C)NC2=C(C(=O)CCC2)[C@H]1c1ccc(OC)c(OC)c1OC. The van der Waals surface area contributed by atoms with Crippen molar-refractivity contribution in [3.63, 3.8) is 0 Å². The smallest absolute Gasteiger partial charge is 0.336 e. The fourth-order valence-electron chi connectivity index (χ4n) is 4.03. The third kappa shape index (κ3) is 3.10. The Kier molecular flexibility index (Phi) is 5.63. The maximum absolute atomic E-state index is 12.9. The normalized spacial score (nSPS) is 19.0. The molecule has 1 aromatic carbocycles. The number of hydrogen-bond donors (Lipinski definition) is 1. The quantitative estimate of drug-likeness (QED) is 0.778. The molecule has 1 aliphatic heterocycles. The van der Waals surface area contributed by atoms with Gasteiger partial charge in [0, 0.05) is 29.0 Å². The van der Waals surface area contributed by atoms with Crippen molar-refractivity contribution in [2.75, 3.05) is 28.4 Å². The van der Waals surface area contributed by atoms with Crippen LogP contribution in [0.15, 0.2) is 34.7 Å². The van der Waals surface area contributed by atoms with Gasteiger partial charge in [0.15, 0.2) is 17.3 Å². The molecular formula is C21H25NO6. The Hall–Kier alpha value is -2.96. The summed E-state index contributed by atoms with van der Waals surface area (Å²) in [6.45, 7) is 1.81.